The van der Waals surface area contributed by atoms with Crippen LogP contribution in [0.1, 0.15) is 12.5 Å². The number of aryl methyl sites for hydroxylation is 1. The van der Waals surface area contributed by atoms with Gasteiger partial charge in [-0.1, -0.05) is 0 Å². The van der Waals surface area contributed by atoms with Gasteiger partial charge in [0.25, 0.3) is 5.69 Å². The third-order valence-electron chi connectivity index (χ3n) is 4.10. The molecule has 2 aromatic rings. The Morgan fingerprint density at radius 3 is 2.71 bits per heavy atom. The normalized spacial score (nSPS) is 18.2. The molecule has 3 rings (SSSR count). The smallest absolute Gasteiger partial charge is 0.269 e. The second-order valence-corrected chi connectivity index (χ2v) is 6.07. The maximum absolute atomic E-state index is 10.8. The van der Waals surface area contributed by atoms with E-state index in [4.69, 9.17) is 0 Å². The molecule has 1 saturated heterocycles. The highest BCUT2D eigenvalue weighted by Crippen LogP contribution is 2.25. The maximum Gasteiger partial charge on any atom is 0.269 e. The van der Waals surface area contributed by atoms with Crippen LogP contribution in [-0.4, -0.2) is 45.3 Å². The summed E-state index contributed by atoms with van der Waals surface area (Å²) in [5.74, 6) is 0. The second kappa shape index (κ2) is 7.74. The van der Waals surface area contributed by atoms with Crippen molar-refractivity contribution in [1.29, 1.82) is 0 Å². The Morgan fingerprint density at radius 2 is 2.08 bits per heavy atom. The molecule has 1 aliphatic heterocycles. The molecule has 1 unspecified atom stereocenters. The highest BCUT2D eigenvalue weighted by Gasteiger charge is 2.19. The highest BCUT2D eigenvalue weighted by atomic mass is 35.5. The van der Waals surface area contributed by atoms with Gasteiger partial charge in [-0.25, -0.2) is 0 Å². The minimum atomic E-state index is -0.384. The Kier molecular flexibility index (Phi) is 5.93. The number of nitro benzene ring substituents is 1. The summed E-state index contributed by atoms with van der Waals surface area (Å²) in [6.45, 7) is 6.04. The van der Waals surface area contributed by atoms with Crippen LogP contribution in [0.25, 0.3) is 11.3 Å². The molecule has 0 saturated carbocycles. The number of hydrogen-bond donors (Lipinski definition) is 1. The molecule has 1 N–H and O–H groups in total. The van der Waals surface area contributed by atoms with Crippen LogP contribution in [0.5, 0.6) is 0 Å². The fourth-order valence-corrected chi connectivity index (χ4v) is 3.03. The molecule has 1 aromatic heterocycles. The predicted octanol–water partition coefficient (Wildman–Crippen LogP) is 2.21. The average molecular weight is 352 g/mol. The third-order valence-corrected chi connectivity index (χ3v) is 4.10. The Hall–Kier alpha value is -1.96. The third kappa shape index (κ3) is 4.11. The van der Waals surface area contributed by atoms with Crippen molar-refractivity contribution < 1.29 is 4.92 Å². The molecule has 24 heavy (non-hydrogen) atoms. The number of halogens is 1. The topological polar surface area (TPSA) is 76.2 Å². The first-order valence-electron chi connectivity index (χ1n) is 7.76. The molecule has 0 spiro atoms. The zero-order valence-corrected chi connectivity index (χ0v) is 14.6. The van der Waals surface area contributed by atoms with Gasteiger partial charge >= 0.3 is 0 Å². The molecule has 7 nitrogen and oxygen atoms in total. The molecule has 1 aliphatic rings. The Labute approximate surface area is 147 Å². The minimum absolute atomic E-state index is 0. The SMILES string of the molecule is CC1CN(Cc2cn(C)nc2-c2ccc([N+](=O)[O-])cc2)CCN1.Cl. The summed E-state index contributed by atoms with van der Waals surface area (Å²) in [6, 6.07) is 7.08. The van der Waals surface area contributed by atoms with E-state index in [2.05, 4.69) is 22.2 Å². The number of hydrogen-bond acceptors (Lipinski definition) is 5. The van der Waals surface area contributed by atoms with Crippen molar-refractivity contribution in [2.45, 2.75) is 19.5 Å². The molecule has 130 valence electrons. The summed E-state index contributed by atoms with van der Waals surface area (Å²) < 4.78 is 1.80. The number of piperazine rings is 1. The molecule has 8 heteroatoms. The quantitative estimate of drug-likeness (QED) is 0.675. The number of nitrogens with one attached hydrogen (secondary N) is 1. The molecule has 0 radical (unpaired) electrons. The van der Waals surface area contributed by atoms with Crippen LogP contribution in [0.15, 0.2) is 30.5 Å². The number of aromatic nitrogens is 2. The maximum atomic E-state index is 10.8. The lowest BCUT2D eigenvalue weighted by atomic mass is 10.1. The zero-order valence-electron chi connectivity index (χ0n) is 13.8. The van der Waals surface area contributed by atoms with E-state index in [0.29, 0.717) is 6.04 Å². The van der Waals surface area contributed by atoms with Gasteiger partial charge in [0.1, 0.15) is 0 Å². The Morgan fingerprint density at radius 1 is 1.38 bits per heavy atom. The van der Waals surface area contributed by atoms with E-state index in [9.17, 15) is 10.1 Å². The predicted molar refractivity (Wildman–Crippen MR) is 95.3 cm³/mol. The summed E-state index contributed by atoms with van der Waals surface area (Å²) >= 11 is 0. The van der Waals surface area contributed by atoms with E-state index in [1.54, 1.807) is 16.8 Å². The van der Waals surface area contributed by atoms with Crippen LogP contribution in [0.3, 0.4) is 0 Å². The van der Waals surface area contributed by atoms with Crippen LogP contribution in [0.2, 0.25) is 0 Å². The molecular formula is C16H22ClN5O2. The highest BCUT2D eigenvalue weighted by molar-refractivity contribution is 5.85. The van der Waals surface area contributed by atoms with Crippen LogP contribution in [-0.2, 0) is 13.6 Å². The van der Waals surface area contributed by atoms with Gasteiger partial charge in [0.05, 0.1) is 10.6 Å². The van der Waals surface area contributed by atoms with Crippen LogP contribution < -0.4 is 5.32 Å². The van der Waals surface area contributed by atoms with Crippen molar-refractivity contribution in [3.8, 4) is 11.3 Å². The number of rotatable bonds is 4. The van der Waals surface area contributed by atoms with E-state index in [1.165, 1.54) is 12.1 Å². The minimum Gasteiger partial charge on any atom is -0.312 e. The molecule has 1 fully saturated rings. The largest absolute Gasteiger partial charge is 0.312 e. The number of nitrogens with zero attached hydrogens (tertiary/aromatic N) is 4. The number of non-ortho nitro benzene ring substituents is 1. The number of benzene rings is 1. The second-order valence-electron chi connectivity index (χ2n) is 6.07. The monoisotopic (exact) mass is 351 g/mol. The van der Waals surface area contributed by atoms with Gasteiger partial charge < -0.3 is 5.32 Å². The van der Waals surface area contributed by atoms with E-state index in [1.807, 2.05) is 13.2 Å². The Balaban J connectivity index is 0.00000208. The first-order chi connectivity index (χ1) is 11.0. The molecule has 1 aromatic carbocycles. The van der Waals surface area contributed by atoms with Gasteiger partial charge in [-0.15, -0.1) is 12.4 Å². The zero-order chi connectivity index (χ0) is 16.4. The average Bonchev–Trinajstić information content (AvgIpc) is 2.88. The van der Waals surface area contributed by atoms with Gasteiger partial charge in [-0.2, -0.15) is 5.10 Å². The number of nitro groups is 1. The summed E-state index contributed by atoms with van der Waals surface area (Å²) in [4.78, 5) is 12.8. The van der Waals surface area contributed by atoms with E-state index in [-0.39, 0.29) is 23.0 Å². The van der Waals surface area contributed by atoms with Crippen molar-refractivity contribution in [2.24, 2.45) is 7.05 Å². The van der Waals surface area contributed by atoms with Crippen LogP contribution >= 0.6 is 12.4 Å². The van der Waals surface area contributed by atoms with Gasteiger partial charge in [0, 0.05) is 68.7 Å². The van der Waals surface area contributed by atoms with E-state index in [0.717, 1.165) is 43.0 Å². The van der Waals surface area contributed by atoms with Crippen LogP contribution in [0.4, 0.5) is 5.69 Å². The van der Waals surface area contributed by atoms with Gasteiger partial charge in [-0.3, -0.25) is 19.7 Å². The summed E-state index contributed by atoms with van der Waals surface area (Å²) in [5, 5.41) is 18.8. The van der Waals surface area contributed by atoms with Crippen molar-refractivity contribution >= 4 is 18.1 Å². The first kappa shape index (κ1) is 18.4. The van der Waals surface area contributed by atoms with Gasteiger partial charge in [0.2, 0.25) is 0 Å². The van der Waals surface area contributed by atoms with Crippen molar-refractivity contribution in [3.05, 3.63) is 46.1 Å². The fraction of sp³-hybridized carbons (Fsp3) is 0.438. The van der Waals surface area contributed by atoms with Crippen LogP contribution in [0, 0.1) is 10.1 Å². The van der Waals surface area contributed by atoms with Gasteiger partial charge in [0.15, 0.2) is 0 Å². The summed E-state index contributed by atoms with van der Waals surface area (Å²) in [6.07, 6.45) is 2.03. The van der Waals surface area contributed by atoms with Crippen molar-refractivity contribution in [3.63, 3.8) is 0 Å². The molecule has 0 bridgehead atoms. The molecule has 0 aliphatic carbocycles. The Bertz CT molecular complexity index is 701. The van der Waals surface area contributed by atoms with Crippen molar-refractivity contribution in [1.82, 2.24) is 20.0 Å². The standard InChI is InChI=1S/C16H21N5O2.ClH/c1-12-9-20(8-7-17-12)11-14-10-19(2)18-16(14)13-3-5-15(6-4-13)21(22)23;/h3-6,10,12,17H,7-9,11H2,1-2H3;1H. The lowest BCUT2D eigenvalue weighted by Gasteiger charge is -2.31. The molecular weight excluding hydrogens is 330 g/mol. The summed E-state index contributed by atoms with van der Waals surface area (Å²) in [7, 11) is 1.90. The fourth-order valence-electron chi connectivity index (χ4n) is 3.03. The van der Waals surface area contributed by atoms with E-state index < -0.39 is 0 Å². The molecule has 2 heterocycles. The summed E-state index contributed by atoms with van der Waals surface area (Å²) in [5.41, 5.74) is 3.06. The molecule has 0 amide bonds. The van der Waals surface area contributed by atoms with E-state index >= 15 is 0 Å². The molecule has 1 atom stereocenters. The lowest BCUT2D eigenvalue weighted by Crippen LogP contribution is -2.48. The lowest BCUT2D eigenvalue weighted by molar-refractivity contribution is -0.384. The first-order valence-corrected chi connectivity index (χ1v) is 7.76. The van der Waals surface area contributed by atoms with Gasteiger partial charge in [-0.05, 0) is 19.1 Å². The van der Waals surface area contributed by atoms with Crippen molar-refractivity contribution in [2.75, 3.05) is 19.6 Å².